The van der Waals surface area contributed by atoms with Gasteiger partial charge in [-0.1, -0.05) is 79.8 Å². The lowest BCUT2D eigenvalue weighted by Gasteiger charge is -1.88. The van der Waals surface area contributed by atoms with Crippen molar-refractivity contribution in [1.29, 1.82) is 0 Å². The van der Waals surface area contributed by atoms with E-state index in [9.17, 15) is 0 Å². The molecule has 0 bridgehead atoms. The highest BCUT2D eigenvalue weighted by Gasteiger charge is 1.78. The summed E-state index contributed by atoms with van der Waals surface area (Å²) in [5.74, 6) is 0. The molecule has 0 aromatic carbocycles. The van der Waals surface area contributed by atoms with Gasteiger partial charge in [-0.15, -0.1) is 0 Å². The van der Waals surface area contributed by atoms with E-state index in [0.29, 0.717) is 0 Å². The first-order valence-corrected chi connectivity index (χ1v) is 6.84. The summed E-state index contributed by atoms with van der Waals surface area (Å²) in [4.78, 5) is 0. The topological polar surface area (TPSA) is 0 Å². The summed E-state index contributed by atoms with van der Waals surface area (Å²) in [5, 5.41) is 0. The SMILES string of the molecule is CC=CC=CC=CCCCC=CC=CC=CCC. The van der Waals surface area contributed by atoms with Crippen LogP contribution in [-0.4, -0.2) is 0 Å². The molecule has 0 heteroatoms. The molecule has 0 rings (SSSR count). The molecule has 0 radical (unpaired) electrons. The van der Waals surface area contributed by atoms with Crippen LogP contribution in [0, 0.1) is 0 Å². The van der Waals surface area contributed by atoms with Gasteiger partial charge in [-0.25, -0.2) is 0 Å². The fourth-order valence-electron chi connectivity index (χ4n) is 1.29. The molecule has 0 fully saturated rings. The van der Waals surface area contributed by atoms with Crippen molar-refractivity contribution in [2.45, 2.75) is 39.5 Å². The lowest BCUT2D eigenvalue weighted by Crippen LogP contribution is -1.68. The first-order valence-electron chi connectivity index (χ1n) is 6.84. The van der Waals surface area contributed by atoms with E-state index in [0.717, 1.165) is 19.3 Å². The minimum absolute atomic E-state index is 1.10. The second kappa shape index (κ2) is 15.4. The first-order chi connectivity index (χ1) is 8.91. The van der Waals surface area contributed by atoms with Crippen LogP contribution in [0.15, 0.2) is 72.9 Å². The van der Waals surface area contributed by atoms with Crippen LogP contribution < -0.4 is 0 Å². The third-order valence-electron chi connectivity index (χ3n) is 2.24. The van der Waals surface area contributed by atoms with Crippen LogP contribution >= 0.6 is 0 Å². The molecule has 0 aliphatic carbocycles. The number of unbranched alkanes of at least 4 members (excludes halogenated alkanes) is 2. The van der Waals surface area contributed by atoms with Gasteiger partial charge in [-0.3, -0.25) is 0 Å². The Morgan fingerprint density at radius 1 is 0.611 bits per heavy atom. The van der Waals surface area contributed by atoms with Crippen molar-refractivity contribution in [2.75, 3.05) is 0 Å². The maximum atomic E-state index is 2.22. The zero-order chi connectivity index (χ0) is 13.3. The average Bonchev–Trinajstić information content (AvgIpc) is 2.39. The lowest BCUT2D eigenvalue weighted by atomic mass is 10.2. The van der Waals surface area contributed by atoms with Gasteiger partial charge >= 0.3 is 0 Å². The van der Waals surface area contributed by atoms with Gasteiger partial charge in [0.25, 0.3) is 0 Å². The van der Waals surface area contributed by atoms with Crippen molar-refractivity contribution in [3.05, 3.63) is 72.9 Å². The molecule has 0 nitrogen and oxygen atoms in total. The van der Waals surface area contributed by atoms with E-state index in [-0.39, 0.29) is 0 Å². The Kier molecular flexibility index (Phi) is 14.1. The molecule has 0 saturated carbocycles. The minimum Gasteiger partial charge on any atom is -0.0877 e. The van der Waals surface area contributed by atoms with Gasteiger partial charge in [0.1, 0.15) is 0 Å². The van der Waals surface area contributed by atoms with Crippen molar-refractivity contribution in [3.63, 3.8) is 0 Å². The maximum Gasteiger partial charge on any atom is -0.0345 e. The van der Waals surface area contributed by atoms with Gasteiger partial charge in [0.15, 0.2) is 0 Å². The van der Waals surface area contributed by atoms with E-state index in [2.05, 4.69) is 61.6 Å². The predicted octanol–water partition coefficient (Wildman–Crippen LogP) is 5.92. The number of rotatable bonds is 9. The molecule has 0 aliphatic rings. The van der Waals surface area contributed by atoms with Crippen molar-refractivity contribution in [2.24, 2.45) is 0 Å². The predicted molar refractivity (Wildman–Crippen MR) is 84.7 cm³/mol. The van der Waals surface area contributed by atoms with Gasteiger partial charge < -0.3 is 0 Å². The highest BCUT2D eigenvalue weighted by atomic mass is 13.8. The number of allylic oxidation sites excluding steroid dienone is 12. The summed E-state index contributed by atoms with van der Waals surface area (Å²) in [6, 6.07) is 0. The summed E-state index contributed by atoms with van der Waals surface area (Å²) in [6.45, 7) is 4.16. The van der Waals surface area contributed by atoms with E-state index in [1.54, 1.807) is 0 Å². The van der Waals surface area contributed by atoms with E-state index in [4.69, 9.17) is 0 Å². The summed E-state index contributed by atoms with van der Waals surface area (Å²) >= 11 is 0. The molecule has 98 valence electrons. The summed E-state index contributed by atoms with van der Waals surface area (Å²) in [5.41, 5.74) is 0. The van der Waals surface area contributed by atoms with Crippen LogP contribution in [0.1, 0.15) is 39.5 Å². The Bertz CT molecular complexity index is 322. The summed E-state index contributed by atoms with van der Waals surface area (Å²) in [7, 11) is 0. The zero-order valence-electron chi connectivity index (χ0n) is 11.8. The van der Waals surface area contributed by atoms with Gasteiger partial charge in [-0.2, -0.15) is 0 Å². The number of hydrogen-bond donors (Lipinski definition) is 0. The Labute approximate surface area is 113 Å². The molecule has 0 unspecified atom stereocenters. The molecule has 0 aliphatic heterocycles. The highest BCUT2D eigenvalue weighted by molar-refractivity contribution is 5.11. The zero-order valence-corrected chi connectivity index (χ0v) is 11.8. The van der Waals surface area contributed by atoms with E-state index in [1.165, 1.54) is 6.42 Å². The average molecular weight is 242 g/mol. The first kappa shape index (κ1) is 16.4. The Morgan fingerprint density at radius 2 is 1.11 bits per heavy atom. The largest absolute Gasteiger partial charge is 0.0877 e. The monoisotopic (exact) mass is 242 g/mol. The standard InChI is InChI=1S/C18H26/c1-3-5-7-9-11-13-15-17-18-16-14-12-10-8-6-4-2/h3,5-14,16H,4,15,17-18H2,1-2H3. The molecular formula is C18H26. The molecule has 0 heterocycles. The Hall–Kier alpha value is -1.56. The number of hydrogen-bond acceptors (Lipinski definition) is 0. The Morgan fingerprint density at radius 3 is 1.61 bits per heavy atom. The lowest BCUT2D eigenvalue weighted by molar-refractivity contribution is 0.868. The fraction of sp³-hybridized carbons (Fsp3) is 0.333. The molecule has 18 heavy (non-hydrogen) atoms. The van der Waals surface area contributed by atoms with Crippen molar-refractivity contribution < 1.29 is 0 Å². The van der Waals surface area contributed by atoms with Crippen LogP contribution in [0.2, 0.25) is 0 Å². The van der Waals surface area contributed by atoms with Gasteiger partial charge in [0, 0.05) is 0 Å². The smallest absolute Gasteiger partial charge is 0.0345 e. The molecule has 0 atom stereocenters. The minimum atomic E-state index is 1.10. The molecule has 0 saturated heterocycles. The molecule has 0 N–H and O–H groups in total. The fourth-order valence-corrected chi connectivity index (χ4v) is 1.29. The van der Waals surface area contributed by atoms with Crippen LogP contribution in [0.4, 0.5) is 0 Å². The van der Waals surface area contributed by atoms with Crippen molar-refractivity contribution >= 4 is 0 Å². The van der Waals surface area contributed by atoms with E-state index < -0.39 is 0 Å². The quantitative estimate of drug-likeness (QED) is 0.347. The van der Waals surface area contributed by atoms with Crippen LogP contribution in [-0.2, 0) is 0 Å². The molecule has 0 aromatic heterocycles. The summed E-state index contributed by atoms with van der Waals surface area (Å²) < 4.78 is 0. The Balaban J connectivity index is 3.47. The van der Waals surface area contributed by atoms with E-state index >= 15 is 0 Å². The normalized spacial score (nSPS) is 13.7. The maximum absolute atomic E-state index is 2.22. The van der Waals surface area contributed by atoms with E-state index in [1.807, 2.05) is 25.2 Å². The van der Waals surface area contributed by atoms with Crippen molar-refractivity contribution in [3.8, 4) is 0 Å². The third kappa shape index (κ3) is 14.4. The molecule has 0 spiro atoms. The molecule has 0 amide bonds. The summed E-state index contributed by atoms with van der Waals surface area (Å²) in [6.07, 6.45) is 29.8. The second-order valence-corrected chi connectivity index (χ2v) is 3.92. The van der Waals surface area contributed by atoms with Crippen LogP contribution in [0.5, 0.6) is 0 Å². The van der Waals surface area contributed by atoms with Crippen LogP contribution in [0.25, 0.3) is 0 Å². The van der Waals surface area contributed by atoms with Crippen molar-refractivity contribution in [1.82, 2.24) is 0 Å². The third-order valence-corrected chi connectivity index (χ3v) is 2.24. The second-order valence-electron chi connectivity index (χ2n) is 3.92. The van der Waals surface area contributed by atoms with Gasteiger partial charge in [0.05, 0.1) is 0 Å². The molecule has 0 aromatic rings. The van der Waals surface area contributed by atoms with Gasteiger partial charge in [0.2, 0.25) is 0 Å². The van der Waals surface area contributed by atoms with Gasteiger partial charge in [-0.05, 0) is 32.6 Å². The molecular weight excluding hydrogens is 216 g/mol. The van der Waals surface area contributed by atoms with Crippen LogP contribution in [0.3, 0.4) is 0 Å². The highest BCUT2D eigenvalue weighted by Crippen LogP contribution is 1.98.